The van der Waals surface area contributed by atoms with E-state index < -0.39 is 6.43 Å². The minimum absolute atomic E-state index is 0.0456. The van der Waals surface area contributed by atoms with Crippen LogP contribution in [-0.4, -0.2) is 16.8 Å². The first kappa shape index (κ1) is 9.89. The number of rotatable bonds is 4. The van der Waals surface area contributed by atoms with E-state index in [1.165, 1.54) is 6.92 Å². The van der Waals surface area contributed by atoms with Gasteiger partial charge in [-0.05, 0) is 13.0 Å². The highest BCUT2D eigenvalue weighted by molar-refractivity contribution is 5.93. The van der Waals surface area contributed by atoms with Gasteiger partial charge in [0.1, 0.15) is 0 Å². The van der Waals surface area contributed by atoms with Gasteiger partial charge in [0, 0.05) is 30.9 Å². The zero-order valence-electron chi connectivity index (χ0n) is 7.34. The maximum absolute atomic E-state index is 11.8. The highest BCUT2D eigenvalue weighted by Crippen LogP contribution is 2.06. The summed E-state index contributed by atoms with van der Waals surface area (Å²) >= 11 is 0. The molecule has 0 N–H and O–H groups in total. The Balaban J connectivity index is 2.54. The van der Waals surface area contributed by atoms with Gasteiger partial charge < -0.3 is 4.57 Å². The molecule has 1 rings (SSSR count). The molecule has 0 atom stereocenters. The third-order valence-corrected chi connectivity index (χ3v) is 1.76. The van der Waals surface area contributed by atoms with Crippen molar-refractivity contribution in [2.45, 2.75) is 26.3 Å². The Labute approximate surface area is 75.2 Å². The van der Waals surface area contributed by atoms with Gasteiger partial charge in [-0.15, -0.1) is 0 Å². The second kappa shape index (κ2) is 4.16. The maximum Gasteiger partial charge on any atom is 0.240 e. The fraction of sp³-hybridized carbons (Fsp3) is 0.444. The van der Waals surface area contributed by atoms with Crippen molar-refractivity contribution in [3.8, 4) is 0 Å². The Morgan fingerprint density at radius 2 is 2.31 bits per heavy atom. The zero-order valence-corrected chi connectivity index (χ0v) is 7.34. The van der Waals surface area contributed by atoms with Crippen LogP contribution in [0.15, 0.2) is 18.5 Å². The summed E-state index contributed by atoms with van der Waals surface area (Å²) in [5.41, 5.74) is 0.564. The second-order valence-corrected chi connectivity index (χ2v) is 2.87. The summed E-state index contributed by atoms with van der Waals surface area (Å²) in [5, 5.41) is 0. The summed E-state index contributed by atoms with van der Waals surface area (Å²) in [6.45, 7) is 1.71. The zero-order chi connectivity index (χ0) is 9.84. The Hall–Kier alpha value is -1.19. The number of carbonyl (C=O) groups is 1. The maximum atomic E-state index is 11.8. The second-order valence-electron chi connectivity index (χ2n) is 2.87. The molecule has 0 fully saturated rings. The number of hydrogen-bond acceptors (Lipinski definition) is 1. The van der Waals surface area contributed by atoms with Crippen molar-refractivity contribution in [2.75, 3.05) is 0 Å². The van der Waals surface area contributed by atoms with Gasteiger partial charge in [0.15, 0.2) is 5.78 Å². The van der Waals surface area contributed by atoms with Crippen molar-refractivity contribution >= 4 is 5.78 Å². The Bertz CT molecular complexity index is 294. The number of aryl methyl sites for hydroxylation is 1. The van der Waals surface area contributed by atoms with E-state index in [1.54, 1.807) is 23.0 Å². The van der Waals surface area contributed by atoms with Crippen LogP contribution >= 0.6 is 0 Å². The number of Topliss-reactive ketones (excluding diaryl/α,β-unsaturated/α-hetero) is 1. The van der Waals surface area contributed by atoms with Gasteiger partial charge in [0.25, 0.3) is 0 Å². The minimum Gasteiger partial charge on any atom is -0.353 e. The topological polar surface area (TPSA) is 22.0 Å². The Kier molecular flexibility index (Phi) is 3.17. The summed E-state index contributed by atoms with van der Waals surface area (Å²) in [5.74, 6) is -0.0456. The molecule has 0 aliphatic carbocycles. The fourth-order valence-corrected chi connectivity index (χ4v) is 1.03. The first-order chi connectivity index (χ1) is 6.09. The summed E-state index contributed by atoms with van der Waals surface area (Å²) in [4.78, 5) is 10.8. The predicted octanol–water partition coefficient (Wildman–Crippen LogP) is 2.35. The number of aromatic nitrogens is 1. The van der Waals surface area contributed by atoms with Gasteiger partial charge in [0.2, 0.25) is 6.43 Å². The van der Waals surface area contributed by atoms with Gasteiger partial charge in [0.05, 0.1) is 0 Å². The summed E-state index contributed by atoms with van der Waals surface area (Å²) in [7, 11) is 0. The molecule has 0 bridgehead atoms. The average Bonchev–Trinajstić information content (AvgIpc) is 2.48. The molecule has 0 spiro atoms. The molecule has 0 amide bonds. The first-order valence-electron chi connectivity index (χ1n) is 4.04. The van der Waals surface area contributed by atoms with Crippen LogP contribution in [0, 0.1) is 0 Å². The van der Waals surface area contributed by atoms with E-state index >= 15 is 0 Å². The van der Waals surface area contributed by atoms with E-state index in [4.69, 9.17) is 0 Å². The lowest BCUT2D eigenvalue weighted by atomic mass is 10.2. The van der Waals surface area contributed by atoms with Gasteiger partial charge in [-0.1, -0.05) is 0 Å². The lowest BCUT2D eigenvalue weighted by molar-refractivity contribution is 0.101. The molecular weight excluding hydrogens is 176 g/mol. The number of halogens is 2. The molecule has 0 aliphatic rings. The first-order valence-corrected chi connectivity index (χ1v) is 4.04. The van der Waals surface area contributed by atoms with E-state index in [0.29, 0.717) is 5.56 Å². The standard InChI is InChI=1S/C9H11F2NO/c1-7(13)8-2-4-12(6-8)5-3-9(10)11/h2,4,6,9H,3,5H2,1H3. The van der Waals surface area contributed by atoms with Crippen molar-refractivity contribution in [3.63, 3.8) is 0 Å². The monoisotopic (exact) mass is 187 g/mol. The van der Waals surface area contributed by atoms with Crippen molar-refractivity contribution in [3.05, 3.63) is 24.0 Å². The number of nitrogens with zero attached hydrogens (tertiary/aromatic N) is 1. The number of alkyl halides is 2. The lowest BCUT2D eigenvalue weighted by Gasteiger charge is -2.00. The molecule has 1 aromatic rings. The molecule has 0 saturated heterocycles. The molecule has 13 heavy (non-hydrogen) atoms. The van der Waals surface area contributed by atoms with E-state index in [1.807, 2.05) is 0 Å². The van der Waals surface area contributed by atoms with E-state index in [0.717, 1.165) is 0 Å². The van der Waals surface area contributed by atoms with Crippen LogP contribution < -0.4 is 0 Å². The molecule has 1 aromatic heterocycles. The molecule has 0 radical (unpaired) electrons. The van der Waals surface area contributed by atoms with E-state index in [2.05, 4.69) is 0 Å². The van der Waals surface area contributed by atoms with Crippen molar-refractivity contribution in [1.29, 1.82) is 0 Å². The molecule has 4 heteroatoms. The Morgan fingerprint density at radius 3 is 2.77 bits per heavy atom. The summed E-state index contributed by atoms with van der Waals surface area (Å²) in [6.07, 6.45) is 0.763. The predicted molar refractivity (Wildman–Crippen MR) is 45.1 cm³/mol. The third kappa shape index (κ3) is 2.97. The average molecular weight is 187 g/mol. The number of hydrogen-bond donors (Lipinski definition) is 0. The third-order valence-electron chi connectivity index (χ3n) is 1.76. The van der Waals surface area contributed by atoms with E-state index in [9.17, 15) is 13.6 Å². The van der Waals surface area contributed by atoms with Crippen LogP contribution in [0.2, 0.25) is 0 Å². The summed E-state index contributed by atoms with van der Waals surface area (Å²) < 4.78 is 25.2. The van der Waals surface area contributed by atoms with Gasteiger partial charge >= 0.3 is 0 Å². The molecule has 72 valence electrons. The van der Waals surface area contributed by atoms with Crippen molar-refractivity contribution in [2.24, 2.45) is 0 Å². The van der Waals surface area contributed by atoms with Gasteiger partial charge in [-0.2, -0.15) is 0 Å². The smallest absolute Gasteiger partial charge is 0.240 e. The van der Waals surface area contributed by atoms with Crippen molar-refractivity contribution < 1.29 is 13.6 Å². The lowest BCUT2D eigenvalue weighted by Crippen LogP contribution is -2.00. The normalized spacial score (nSPS) is 10.8. The Morgan fingerprint density at radius 1 is 1.62 bits per heavy atom. The minimum atomic E-state index is -2.29. The number of ketones is 1. The molecule has 0 unspecified atom stereocenters. The van der Waals surface area contributed by atoms with Crippen molar-refractivity contribution in [1.82, 2.24) is 4.57 Å². The van der Waals surface area contributed by atoms with Crippen LogP contribution in [0.5, 0.6) is 0 Å². The highest BCUT2D eigenvalue weighted by atomic mass is 19.3. The molecule has 0 aromatic carbocycles. The fourth-order valence-electron chi connectivity index (χ4n) is 1.03. The van der Waals surface area contributed by atoms with Gasteiger partial charge in [-0.3, -0.25) is 4.79 Å². The van der Waals surface area contributed by atoms with Crippen LogP contribution in [0.3, 0.4) is 0 Å². The molecular formula is C9H11F2NO. The molecule has 1 heterocycles. The largest absolute Gasteiger partial charge is 0.353 e. The van der Waals surface area contributed by atoms with Crippen LogP contribution in [0.1, 0.15) is 23.7 Å². The van der Waals surface area contributed by atoms with Crippen LogP contribution in [0.25, 0.3) is 0 Å². The molecule has 0 saturated carbocycles. The highest BCUT2D eigenvalue weighted by Gasteiger charge is 2.04. The molecule has 2 nitrogen and oxygen atoms in total. The van der Waals surface area contributed by atoms with Crippen LogP contribution in [-0.2, 0) is 6.54 Å². The SMILES string of the molecule is CC(=O)c1ccn(CCC(F)F)c1. The number of carbonyl (C=O) groups excluding carboxylic acids is 1. The quantitative estimate of drug-likeness (QED) is 0.663. The van der Waals surface area contributed by atoms with Crippen LogP contribution in [0.4, 0.5) is 8.78 Å². The van der Waals surface area contributed by atoms with E-state index in [-0.39, 0.29) is 18.7 Å². The summed E-state index contributed by atoms with van der Waals surface area (Å²) in [6, 6.07) is 1.63. The molecule has 0 aliphatic heterocycles. The van der Waals surface area contributed by atoms with Gasteiger partial charge in [-0.25, -0.2) is 8.78 Å².